The molecule has 0 radical (unpaired) electrons. The van der Waals surface area contributed by atoms with Crippen LogP contribution in [0.3, 0.4) is 0 Å². The minimum absolute atomic E-state index is 0.201. The van der Waals surface area contributed by atoms with Gasteiger partial charge in [0.15, 0.2) is 9.84 Å². The second kappa shape index (κ2) is 6.71. The van der Waals surface area contributed by atoms with Gasteiger partial charge >= 0.3 is 0 Å². The zero-order valence-corrected chi connectivity index (χ0v) is 11.3. The summed E-state index contributed by atoms with van der Waals surface area (Å²) < 4.78 is 22.9. The number of hydrogen-bond donors (Lipinski definition) is 1. The van der Waals surface area contributed by atoms with E-state index in [0.717, 1.165) is 11.4 Å². The van der Waals surface area contributed by atoms with Crippen LogP contribution in [-0.2, 0) is 16.4 Å². The van der Waals surface area contributed by atoms with Crippen LogP contribution in [0.25, 0.3) is 0 Å². The van der Waals surface area contributed by atoms with Crippen molar-refractivity contribution in [3.63, 3.8) is 0 Å². The molecule has 5 heteroatoms. The third-order valence-electron chi connectivity index (χ3n) is 2.36. The van der Waals surface area contributed by atoms with Crippen molar-refractivity contribution >= 4 is 9.84 Å². The molecule has 1 rings (SSSR count). The van der Waals surface area contributed by atoms with Gasteiger partial charge < -0.3 is 5.32 Å². The Morgan fingerprint density at radius 3 is 2.71 bits per heavy atom. The average Bonchev–Trinajstić information content (AvgIpc) is 2.24. The first-order valence-electron chi connectivity index (χ1n) is 5.87. The van der Waals surface area contributed by atoms with Crippen molar-refractivity contribution < 1.29 is 8.42 Å². The average molecular weight is 256 g/mol. The van der Waals surface area contributed by atoms with Crippen LogP contribution in [0, 0.1) is 6.92 Å². The van der Waals surface area contributed by atoms with E-state index in [-0.39, 0.29) is 11.5 Å². The molecule has 0 atom stereocenters. The van der Waals surface area contributed by atoms with Gasteiger partial charge in [-0.2, -0.15) is 0 Å². The highest BCUT2D eigenvalue weighted by molar-refractivity contribution is 7.91. The van der Waals surface area contributed by atoms with Gasteiger partial charge in [-0.1, -0.05) is 13.0 Å². The van der Waals surface area contributed by atoms with Crippen LogP contribution in [0.2, 0.25) is 0 Å². The monoisotopic (exact) mass is 256 g/mol. The van der Waals surface area contributed by atoms with E-state index in [1.165, 1.54) is 0 Å². The Balaban J connectivity index is 2.29. The first kappa shape index (κ1) is 14.1. The Labute approximate surface area is 103 Å². The summed E-state index contributed by atoms with van der Waals surface area (Å²) in [5, 5.41) is 3.10. The number of aromatic nitrogens is 1. The minimum atomic E-state index is -2.88. The first-order chi connectivity index (χ1) is 8.03. The predicted octanol–water partition coefficient (Wildman–Crippen LogP) is 1.30. The Hall–Kier alpha value is -0.940. The van der Waals surface area contributed by atoms with Gasteiger partial charge in [0.2, 0.25) is 0 Å². The van der Waals surface area contributed by atoms with Crippen molar-refractivity contribution in [1.29, 1.82) is 0 Å². The summed E-state index contributed by atoms with van der Waals surface area (Å²) in [7, 11) is -2.88. The molecule has 0 aliphatic rings. The fraction of sp³-hybridized carbons (Fsp3) is 0.583. The van der Waals surface area contributed by atoms with Crippen LogP contribution in [0.4, 0.5) is 0 Å². The Bertz CT molecular complexity index is 444. The lowest BCUT2D eigenvalue weighted by Crippen LogP contribution is -2.24. The zero-order chi connectivity index (χ0) is 12.7. The predicted molar refractivity (Wildman–Crippen MR) is 69.6 cm³/mol. The molecule has 0 saturated carbocycles. The van der Waals surface area contributed by atoms with E-state index >= 15 is 0 Å². The van der Waals surface area contributed by atoms with Gasteiger partial charge in [-0.3, -0.25) is 4.98 Å². The molecular weight excluding hydrogens is 236 g/mol. The second-order valence-electron chi connectivity index (χ2n) is 4.10. The minimum Gasteiger partial charge on any atom is -0.310 e. The van der Waals surface area contributed by atoms with Crippen LogP contribution >= 0.6 is 0 Å². The van der Waals surface area contributed by atoms with E-state index in [1.807, 2.05) is 32.0 Å². The molecule has 4 nitrogen and oxygen atoms in total. The molecule has 1 heterocycles. The number of nitrogens with one attached hydrogen (secondary N) is 1. The molecule has 0 aliphatic heterocycles. The molecule has 0 bridgehead atoms. The van der Waals surface area contributed by atoms with Gasteiger partial charge in [-0.05, 0) is 25.5 Å². The maximum absolute atomic E-state index is 11.4. The van der Waals surface area contributed by atoms with Crippen molar-refractivity contribution in [2.75, 3.05) is 18.1 Å². The quantitative estimate of drug-likeness (QED) is 0.747. The summed E-state index contributed by atoms with van der Waals surface area (Å²) in [4.78, 5) is 4.33. The highest BCUT2D eigenvalue weighted by Crippen LogP contribution is 1.97. The topological polar surface area (TPSA) is 59.1 Å². The summed E-state index contributed by atoms with van der Waals surface area (Å²) in [5.41, 5.74) is 1.92. The third-order valence-corrected chi connectivity index (χ3v) is 4.21. The van der Waals surface area contributed by atoms with Gasteiger partial charge in [0.1, 0.15) is 0 Å². The number of rotatable bonds is 7. The number of aryl methyl sites for hydroxylation is 1. The number of pyridine rings is 1. The van der Waals surface area contributed by atoms with Gasteiger partial charge in [0, 0.05) is 24.5 Å². The molecule has 1 aromatic rings. The smallest absolute Gasteiger partial charge is 0.151 e. The van der Waals surface area contributed by atoms with Crippen LogP contribution in [-0.4, -0.2) is 31.5 Å². The molecular formula is C12H20N2O2S. The number of sulfone groups is 1. The molecule has 0 unspecified atom stereocenters. The van der Waals surface area contributed by atoms with E-state index < -0.39 is 9.84 Å². The maximum atomic E-state index is 11.4. The lowest BCUT2D eigenvalue weighted by Gasteiger charge is -2.05. The molecule has 0 spiro atoms. The van der Waals surface area contributed by atoms with Crippen molar-refractivity contribution in [3.8, 4) is 0 Å². The number of hydrogen-bond acceptors (Lipinski definition) is 4. The van der Waals surface area contributed by atoms with E-state index in [0.29, 0.717) is 19.5 Å². The zero-order valence-electron chi connectivity index (χ0n) is 10.4. The normalized spacial score (nSPS) is 11.6. The summed E-state index contributed by atoms with van der Waals surface area (Å²) >= 11 is 0. The number of nitrogens with zero attached hydrogens (tertiary/aromatic N) is 1. The van der Waals surface area contributed by atoms with E-state index in [2.05, 4.69) is 10.3 Å². The van der Waals surface area contributed by atoms with Gasteiger partial charge in [0.25, 0.3) is 0 Å². The molecule has 0 fully saturated rings. The molecule has 1 aromatic heterocycles. The van der Waals surface area contributed by atoms with Gasteiger partial charge in [-0.15, -0.1) is 0 Å². The molecule has 96 valence electrons. The van der Waals surface area contributed by atoms with Crippen molar-refractivity contribution in [1.82, 2.24) is 10.3 Å². The van der Waals surface area contributed by atoms with Crippen LogP contribution in [0.5, 0.6) is 0 Å². The fourth-order valence-electron chi connectivity index (χ4n) is 1.56. The van der Waals surface area contributed by atoms with E-state index in [9.17, 15) is 8.42 Å². The summed E-state index contributed by atoms with van der Waals surface area (Å²) in [6.45, 7) is 4.91. The highest BCUT2D eigenvalue weighted by atomic mass is 32.2. The van der Waals surface area contributed by atoms with Crippen LogP contribution < -0.4 is 5.32 Å². The lowest BCUT2D eigenvalue weighted by atomic mass is 10.3. The summed E-state index contributed by atoms with van der Waals surface area (Å²) in [6, 6.07) is 5.82. The Kier molecular flexibility index (Phi) is 5.58. The van der Waals surface area contributed by atoms with E-state index in [4.69, 9.17) is 0 Å². The van der Waals surface area contributed by atoms with Crippen LogP contribution in [0.15, 0.2) is 18.2 Å². The van der Waals surface area contributed by atoms with Gasteiger partial charge in [0.05, 0.1) is 11.4 Å². The fourth-order valence-corrected chi connectivity index (χ4v) is 2.84. The first-order valence-corrected chi connectivity index (χ1v) is 7.69. The van der Waals surface area contributed by atoms with E-state index in [1.54, 1.807) is 0 Å². The molecule has 1 N–H and O–H groups in total. The molecule has 0 saturated heterocycles. The van der Waals surface area contributed by atoms with Crippen molar-refractivity contribution in [2.45, 2.75) is 26.8 Å². The maximum Gasteiger partial charge on any atom is 0.151 e. The molecule has 0 aliphatic carbocycles. The van der Waals surface area contributed by atoms with Gasteiger partial charge in [-0.25, -0.2) is 8.42 Å². The van der Waals surface area contributed by atoms with Crippen molar-refractivity contribution in [2.24, 2.45) is 0 Å². The molecule has 0 aromatic carbocycles. The summed E-state index contributed by atoms with van der Waals surface area (Å²) in [6.07, 6.45) is 0.682. The largest absolute Gasteiger partial charge is 0.310 e. The second-order valence-corrected chi connectivity index (χ2v) is 6.40. The van der Waals surface area contributed by atoms with Crippen LogP contribution in [0.1, 0.15) is 24.7 Å². The molecule has 17 heavy (non-hydrogen) atoms. The Morgan fingerprint density at radius 2 is 2.06 bits per heavy atom. The SMILES string of the molecule is CCCS(=O)(=O)CCNCc1cccc(C)n1. The lowest BCUT2D eigenvalue weighted by molar-refractivity contribution is 0.589. The van der Waals surface area contributed by atoms with Crippen molar-refractivity contribution in [3.05, 3.63) is 29.6 Å². The standard InChI is InChI=1S/C12H20N2O2S/c1-3-8-17(15,16)9-7-13-10-12-6-4-5-11(2)14-12/h4-6,13H,3,7-10H2,1-2H3. The highest BCUT2D eigenvalue weighted by Gasteiger charge is 2.08. The molecule has 0 amide bonds. The third kappa shape index (κ3) is 5.79. The summed E-state index contributed by atoms with van der Waals surface area (Å²) in [5.74, 6) is 0.476. The Morgan fingerprint density at radius 1 is 1.29 bits per heavy atom.